The maximum Gasteiger partial charge on any atom is 0.394 e. The Balaban J connectivity index is 2.68. The molecule has 0 saturated heterocycles. The first-order valence-corrected chi connectivity index (χ1v) is 6.56. The zero-order valence-electron chi connectivity index (χ0n) is 9.83. The van der Waals surface area contributed by atoms with E-state index < -0.39 is 16.4 Å². The highest BCUT2D eigenvalue weighted by molar-refractivity contribution is 7.53. The summed E-state index contributed by atoms with van der Waals surface area (Å²) in [6.07, 6.45) is 0.763. The number of rotatable bonds is 2. The van der Waals surface area contributed by atoms with E-state index in [2.05, 4.69) is 5.32 Å². The summed E-state index contributed by atoms with van der Waals surface area (Å²) in [5.74, 6) is -0.490. The number of anilines is 1. The largest absolute Gasteiger partial charge is 0.462 e. The molecule has 0 amide bonds. The number of esters is 1. The van der Waals surface area contributed by atoms with Crippen LogP contribution >= 0.6 is 10.5 Å². The number of ether oxygens (including phenoxy) is 1. The monoisotopic (exact) mass is 255 g/mol. The van der Waals surface area contributed by atoms with E-state index in [0.29, 0.717) is 17.1 Å². The van der Waals surface area contributed by atoms with Crippen LogP contribution in [-0.2, 0) is 17.7 Å². The second-order valence-corrected chi connectivity index (χ2v) is 5.95. The van der Waals surface area contributed by atoms with Gasteiger partial charge in [0.15, 0.2) is 4.88 Å². The molecular formula is C11H15N2O3S+. The number of nitrogens with one attached hydrogen (secondary N) is 1. The van der Waals surface area contributed by atoms with E-state index >= 15 is 0 Å². The van der Waals surface area contributed by atoms with Crippen molar-refractivity contribution in [1.29, 1.82) is 0 Å². The van der Waals surface area contributed by atoms with Crippen molar-refractivity contribution in [3.63, 3.8) is 0 Å². The van der Waals surface area contributed by atoms with Crippen molar-refractivity contribution in [2.75, 3.05) is 19.4 Å². The lowest BCUT2D eigenvalue weighted by atomic mass is 10.1. The number of hydrogen-bond donors (Lipinski definition) is 2. The molecule has 0 spiro atoms. The molecule has 0 saturated carbocycles. The highest BCUT2D eigenvalue weighted by Crippen LogP contribution is 2.42. The van der Waals surface area contributed by atoms with Gasteiger partial charge in [-0.05, 0) is 0 Å². The standard InChI is InChI=1S/C11H14N2O3S/c1-6(14)17-8-3-4-13-5-7(8)9(12)10(17)11(15)16-2/h13H,3-5H2,1-2H3,(H-,12,15)/p+1. The number of nitrogen functional groups attached to an aromatic ring is 1. The fraction of sp³-hybridized carbons (Fsp3) is 0.455. The third-order valence-corrected chi connectivity index (χ3v) is 5.16. The van der Waals surface area contributed by atoms with Gasteiger partial charge in [-0.15, -0.1) is 0 Å². The van der Waals surface area contributed by atoms with Crippen LogP contribution in [0.1, 0.15) is 31.8 Å². The zero-order valence-corrected chi connectivity index (χ0v) is 10.6. The second kappa shape index (κ2) is 4.46. The van der Waals surface area contributed by atoms with E-state index in [0.717, 1.165) is 23.4 Å². The number of nitrogens with two attached hydrogens (primary N) is 1. The Bertz CT molecular complexity index is 493. The van der Waals surface area contributed by atoms with Crippen molar-refractivity contribution in [3.05, 3.63) is 15.3 Å². The molecule has 0 aromatic carbocycles. The summed E-state index contributed by atoms with van der Waals surface area (Å²) in [5.41, 5.74) is 7.31. The van der Waals surface area contributed by atoms with Crippen molar-refractivity contribution in [1.82, 2.24) is 5.32 Å². The molecule has 5 nitrogen and oxygen atoms in total. The van der Waals surface area contributed by atoms with Gasteiger partial charge >= 0.3 is 11.1 Å². The van der Waals surface area contributed by atoms with Crippen LogP contribution in [0.5, 0.6) is 0 Å². The molecule has 1 aliphatic heterocycles. The number of fused-ring (bicyclic) bond motifs is 1. The minimum absolute atomic E-state index is 0.0275. The second-order valence-electron chi connectivity index (χ2n) is 3.86. The van der Waals surface area contributed by atoms with Crippen LogP contribution in [0.3, 0.4) is 0 Å². The van der Waals surface area contributed by atoms with Crippen LogP contribution in [0.25, 0.3) is 0 Å². The molecule has 6 heteroatoms. The number of methoxy groups -OCH3 is 1. The Morgan fingerprint density at radius 1 is 1.47 bits per heavy atom. The van der Waals surface area contributed by atoms with E-state index in [1.54, 1.807) is 0 Å². The Kier molecular flexibility index (Phi) is 3.17. The molecule has 1 aromatic rings. The lowest BCUT2D eigenvalue weighted by Gasteiger charge is -2.09. The minimum atomic E-state index is -0.813. The molecule has 0 bridgehead atoms. The SMILES string of the molecule is COC(=O)c1c(N)c2c([s+]1C(C)=O)CCNC2. The van der Waals surface area contributed by atoms with Gasteiger partial charge in [0, 0.05) is 19.5 Å². The molecule has 0 radical (unpaired) electrons. The van der Waals surface area contributed by atoms with Crippen molar-refractivity contribution < 1.29 is 14.3 Å². The molecule has 1 aliphatic rings. The molecule has 2 heterocycles. The Morgan fingerprint density at radius 3 is 2.76 bits per heavy atom. The Labute approximate surface area is 102 Å². The molecule has 0 fully saturated rings. The molecule has 1 aromatic heterocycles. The normalized spacial score (nSPS) is 15.3. The molecule has 1 atom stereocenters. The fourth-order valence-corrected chi connectivity index (χ4v) is 4.32. The highest BCUT2D eigenvalue weighted by Gasteiger charge is 2.39. The van der Waals surface area contributed by atoms with Crippen LogP contribution in [0, 0.1) is 0 Å². The van der Waals surface area contributed by atoms with Crippen molar-refractivity contribution >= 4 is 27.2 Å². The van der Waals surface area contributed by atoms with E-state index in [9.17, 15) is 9.59 Å². The third kappa shape index (κ3) is 1.83. The van der Waals surface area contributed by atoms with Crippen molar-refractivity contribution in [2.45, 2.75) is 19.9 Å². The summed E-state index contributed by atoms with van der Waals surface area (Å²) in [5, 5.41) is 3.16. The van der Waals surface area contributed by atoms with Crippen molar-refractivity contribution in [3.8, 4) is 0 Å². The van der Waals surface area contributed by atoms with Crippen LogP contribution in [0.15, 0.2) is 0 Å². The maximum absolute atomic E-state index is 11.7. The number of carbonyl (C=O) groups is 2. The summed E-state index contributed by atoms with van der Waals surface area (Å²) >= 11 is 0. The Hall–Kier alpha value is -1.40. The van der Waals surface area contributed by atoms with Gasteiger partial charge in [0.2, 0.25) is 0 Å². The average Bonchev–Trinajstić information content (AvgIpc) is 2.62. The van der Waals surface area contributed by atoms with Crippen molar-refractivity contribution in [2.24, 2.45) is 0 Å². The summed E-state index contributed by atoms with van der Waals surface area (Å²) in [7, 11) is 0.493. The molecular weight excluding hydrogens is 240 g/mol. The van der Waals surface area contributed by atoms with Crippen LogP contribution in [0.4, 0.5) is 5.69 Å². The summed E-state index contributed by atoms with van der Waals surface area (Å²) in [4.78, 5) is 24.8. The fourth-order valence-electron chi connectivity index (χ4n) is 2.11. The number of carbonyl (C=O) groups excluding carboxylic acids is 2. The smallest absolute Gasteiger partial charge is 0.394 e. The minimum Gasteiger partial charge on any atom is -0.462 e. The highest BCUT2D eigenvalue weighted by atomic mass is 32.2. The Morgan fingerprint density at radius 2 is 2.18 bits per heavy atom. The first kappa shape index (κ1) is 12.1. The van der Waals surface area contributed by atoms with E-state index in [1.165, 1.54) is 14.0 Å². The summed E-state index contributed by atoms with van der Waals surface area (Å²) < 4.78 is 4.72. The zero-order chi connectivity index (χ0) is 12.6. The molecule has 3 N–H and O–H groups in total. The summed E-state index contributed by atoms with van der Waals surface area (Å²) in [6.45, 7) is 2.94. The quantitative estimate of drug-likeness (QED) is 0.611. The molecule has 2 rings (SSSR count). The lowest BCUT2D eigenvalue weighted by Crippen LogP contribution is -2.23. The van der Waals surface area contributed by atoms with Crippen LogP contribution < -0.4 is 11.1 Å². The van der Waals surface area contributed by atoms with Crippen LogP contribution in [0.2, 0.25) is 0 Å². The van der Waals surface area contributed by atoms with Crippen LogP contribution in [-0.4, -0.2) is 24.7 Å². The van der Waals surface area contributed by atoms with Gasteiger partial charge in [-0.2, -0.15) is 0 Å². The van der Waals surface area contributed by atoms with E-state index in [4.69, 9.17) is 10.5 Å². The van der Waals surface area contributed by atoms with Gasteiger partial charge < -0.3 is 15.8 Å². The summed E-state index contributed by atoms with van der Waals surface area (Å²) in [6, 6.07) is 0. The van der Waals surface area contributed by atoms with Gasteiger partial charge in [-0.3, -0.25) is 0 Å². The molecule has 1 unspecified atom stereocenters. The molecule has 17 heavy (non-hydrogen) atoms. The van der Waals surface area contributed by atoms with Gasteiger partial charge in [0.05, 0.1) is 30.1 Å². The predicted molar refractivity (Wildman–Crippen MR) is 66.4 cm³/mol. The number of thiophene rings is 1. The topological polar surface area (TPSA) is 81.4 Å². The molecule has 0 aliphatic carbocycles. The van der Waals surface area contributed by atoms with Gasteiger partial charge in [0.1, 0.15) is 5.69 Å². The number of hydrogen-bond acceptors (Lipinski definition) is 5. The van der Waals surface area contributed by atoms with E-state index in [1.807, 2.05) is 0 Å². The maximum atomic E-state index is 11.7. The lowest BCUT2D eigenvalue weighted by molar-refractivity contribution is 0.0606. The van der Waals surface area contributed by atoms with Gasteiger partial charge in [-0.25, -0.2) is 9.59 Å². The third-order valence-electron chi connectivity index (χ3n) is 2.85. The van der Waals surface area contributed by atoms with Gasteiger partial charge in [-0.1, -0.05) is 0 Å². The predicted octanol–water partition coefficient (Wildman–Crippen LogP) is 1.11. The van der Waals surface area contributed by atoms with E-state index in [-0.39, 0.29) is 5.12 Å². The molecule has 92 valence electrons. The first-order chi connectivity index (χ1) is 8.07. The average molecular weight is 255 g/mol. The first-order valence-electron chi connectivity index (χ1n) is 5.34. The van der Waals surface area contributed by atoms with Gasteiger partial charge in [0.25, 0.3) is 4.88 Å².